The molecule has 1 saturated heterocycles. The fourth-order valence-electron chi connectivity index (χ4n) is 2.28. The summed E-state index contributed by atoms with van der Waals surface area (Å²) in [6.07, 6.45) is 0. The molecule has 0 bridgehead atoms. The number of aryl methyl sites for hydroxylation is 1. The Morgan fingerprint density at radius 3 is 2.48 bits per heavy atom. The second-order valence-electron chi connectivity index (χ2n) is 5.24. The van der Waals surface area contributed by atoms with Gasteiger partial charge in [-0.15, -0.1) is 0 Å². The van der Waals surface area contributed by atoms with Crippen LogP contribution in [0.4, 0.5) is 14.9 Å². The number of barbiturate groups is 1. The third-order valence-corrected chi connectivity index (χ3v) is 3.96. The Hall–Kier alpha value is -1.76. The summed E-state index contributed by atoms with van der Waals surface area (Å²) in [5.41, 5.74) is 0.681. The van der Waals surface area contributed by atoms with E-state index >= 15 is 0 Å². The predicted molar refractivity (Wildman–Crippen MR) is 78.2 cm³/mol. The average molecular weight is 357 g/mol. The number of imide groups is 2. The number of hydrogen-bond donors (Lipinski definition) is 1. The quantitative estimate of drug-likeness (QED) is 0.828. The first-order chi connectivity index (χ1) is 9.73. The molecule has 1 heterocycles. The Bertz CT molecular complexity index is 645. The molecular weight excluding hydrogens is 343 g/mol. The van der Waals surface area contributed by atoms with Gasteiger partial charge in [0, 0.05) is 0 Å². The van der Waals surface area contributed by atoms with Gasteiger partial charge in [0.05, 0.1) is 10.2 Å². The molecule has 112 valence electrons. The number of rotatable bonds is 2. The molecule has 4 amide bonds. The summed E-state index contributed by atoms with van der Waals surface area (Å²) in [5, 5.41) is 2.14. The molecule has 0 saturated carbocycles. The van der Waals surface area contributed by atoms with Crippen LogP contribution in [0, 0.1) is 24.6 Å². The van der Waals surface area contributed by atoms with Crippen LogP contribution in [0.1, 0.15) is 19.4 Å². The van der Waals surface area contributed by atoms with Crippen LogP contribution in [0.25, 0.3) is 0 Å². The zero-order valence-electron chi connectivity index (χ0n) is 11.7. The lowest BCUT2D eigenvalue weighted by Gasteiger charge is -2.32. The Kier molecular flexibility index (Phi) is 4.13. The number of hydrogen-bond acceptors (Lipinski definition) is 3. The summed E-state index contributed by atoms with van der Waals surface area (Å²) in [6.45, 7) is 5.08. The highest BCUT2D eigenvalue weighted by molar-refractivity contribution is 9.10. The number of carbonyl (C=O) groups excluding carboxylic acids is 3. The zero-order valence-corrected chi connectivity index (χ0v) is 13.3. The first-order valence-electron chi connectivity index (χ1n) is 6.38. The molecule has 1 aromatic carbocycles. The lowest BCUT2D eigenvalue weighted by atomic mass is 9.91. The molecule has 7 heteroatoms. The van der Waals surface area contributed by atoms with Gasteiger partial charge in [-0.3, -0.25) is 14.9 Å². The summed E-state index contributed by atoms with van der Waals surface area (Å²) in [7, 11) is 0. The van der Waals surface area contributed by atoms with Crippen molar-refractivity contribution in [3.8, 4) is 0 Å². The van der Waals surface area contributed by atoms with E-state index in [0.717, 1.165) is 11.0 Å². The number of nitrogens with zero attached hydrogens (tertiary/aromatic N) is 1. The van der Waals surface area contributed by atoms with Crippen LogP contribution in [0.2, 0.25) is 0 Å². The summed E-state index contributed by atoms with van der Waals surface area (Å²) in [5.74, 6) is -3.08. The minimum atomic E-state index is -0.964. The number of carbonyl (C=O) groups is 3. The smallest absolute Gasteiger partial charge is 0.277 e. The maximum Gasteiger partial charge on any atom is 0.335 e. The van der Waals surface area contributed by atoms with E-state index in [1.807, 2.05) is 0 Å². The average Bonchev–Trinajstić information content (AvgIpc) is 2.34. The van der Waals surface area contributed by atoms with Crippen LogP contribution >= 0.6 is 15.9 Å². The Morgan fingerprint density at radius 1 is 1.29 bits per heavy atom. The summed E-state index contributed by atoms with van der Waals surface area (Å²) in [4.78, 5) is 37.0. The van der Waals surface area contributed by atoms with Crippen LogP contribution in [-0.4, -0.2) is 17.8 Å². The van der Waals surface area contributed by atoms with Gasteiger partial charge in [0.25, 0.3) is 0 Å². The van der Waals surface area contributed by atoms with Crippen molar-refractivity contribution >= 4 is 39.5 Å². The predicted octanol–water partition coefficient (Wildman–Crippen LogP) is 2.75. The van der Waals surface area contributed by atoms with Crippen LogP contribution in [0.5, 0.6) is 0 Å². The second-order valence-corrected chi connectivity index (χ2v) is 6.10. The Labute approximate surface area is 129 Å². The minimum absolute atomic E-state index is 0.136. The van der Waals surface area contributed by atoms with Crippen molar-refractivity contribution in [2.45, 2.75) is 20.8 Å². The van der Waals surface area contributed by atoms with E-state index in [0.29, 0.717) is 5.56 Å². The van der Waals surface area contributed by atoms with Gasteiger partial charge in [-0.25, -0.2) is 14.1 Å². The fraction of sp³-hybridized carbons (Fsp3) is 0.357. The summed E-state index contributed by atoms with van der Waals surface area (Å²) in [6, 6.07) is 1.72. The van der Waals surface area contributed by atoms with Gasteiger partial charge in [0.15, 0.2) is 0 Å². The summed E-state index contributed by atoms with van der Waals surface area (Å²) >= 11 is 3.05. The van der Waals surface area contributed by atoms with E-state index in [1.165, 1.54) is 6.07 Å². The molecular formula is C14H14BrFN2O3. The Morgan fingerprint density at radius 2 is 1.90 bits per heavy atom. The van der Waals surface area contributed by atoms with Gasteiger partial charge in [-0.05, 0) is 46.5 Å². The molecule has 2 rings (SSSR count). The highest BCUT2D eigenvalue weighted by Gasteiger charge is 2.43. The molecule has 1 atom stereocenters. The molecule has 0 radical (unpaired) electrons. The largest absolute Gasteiger partial charge is 0.335 e. The van der Waals surface area contributed by atoms with Gasteiger partial charge in [0.1, 0.15) is 11.7 Å². The van der Waals surface area contributed by atoms with Crippen molar-refractivity contribution < 1.29 is 18.8 Å². The maximum atomic E-state index is 13.7. The van der Waals surface area contributed by atoms with Crippen LogP contribution in [0.15, 0.2) is 16.6 Å². The zero-order chi connectivity index (χ0) is 15.9. The lowest BCUT2D eigenvalue weighted by molar-refractivity contribution is -0.136. The fourth-order valence-corrected chi connectivity index (χ4v) is 2.74. The molecule has 1 fully saturated rings. The van der Waals surface area contributed by atoms with Gasteiger partial charge in [0.2, 0.25) is 11.8 Å². The van der Waals surface area contributed by atoms with Gasteiger partial charge in [-0.2, -0.15) is 0 Å². The standard InChI is InChI=1S/C14H14BrFN2O3/c1-6(2)11-12(19)17-14(21)18(13(11)20)10-5-9(16)8(15)4-7(10)3/h4-6,11H,1-3H3,(H,17,19,21). The highest BCUT2D eigenvalue weighted by atomic mass is 79.9. The number of anilines is 1. The SMILES string of the molecule is Cc1cc(Br)c(F)cc1N1C(=O)NC(=O)C(C(C)C)C1=O. The topological polar surface area (TPSA) is 66.5 Å². The van der Waals surface area contributed by atoms with Gasteiger partial charge >= 0.3 is 6.03 Å². The van der Waals surface area contributed by atoms with Crippen molar-refractivity contribution in [3.63, 3.8) is 0 Å². The van der Waals surface area contributed by atoms with Crippen LogP contribution in [-0.2, 0) is 9.59 Å². The number of amides is 4. The van der Waals surface area contributed by atoms with E-state index in [4.69, 9.17) is 0 Å². The third kappa shape index (κ3) is 2.70. The van der Waals surface area contributed by atoms with Crippen molar-refractivity contribution in [2.24, 2.45) is 11.8 Å². The minimum Gasteiger partial charge on any atom is -0.277 e. The maximum absolute atomic E-state index is 13.7. The normalized spacial score (nSPS) is 19.2. The number of nitrogens with one attached hydrogen (secondary N) is 1. The number of urea groups is 1. The third-order valence-electron chi connectivity index (χ3n) is 3.35. The molecule has 5 nitrogen and oxygen atoms in total. The first-order valence-corrected chi connectivity index (χ1v) is 7.17. The molecule has 21 heavy (non-hydrogen) atoms. The van der Waals surface area contributed by atoms with E-state index in [1.54, 1.807) is 20.8 Å². The number of halogens is 2. The Balaban J connectivity index is 2.52. The second kappa shape index (κ2) is 5.55. The van der Waals surface area contributed by atoms with Crippen LogP contribution < -0.4 is 10.2 Å². The summed E-state index contributed by atoms with van der Waals surface area (Å²) < 4.78 is 14.0. The van der Waals surface area contributed by atoms with Gasteiger partial charge < -0.3 is 0 Å². The van der Waals surface area contributed by atoms with E-state index < -0.39 is 29.6 Å². The van der Waals surface area contributed by atoms with E-state index in [2.05, 4.69) is 21.2 Å². The van der Waals surface area contributed by atoms with Crippen molar-refractivity contribution in [1.82, 2.24) is 5.32 Å². The molecule has 1 aliphatic heterocycles. The van der Waals surface area contributed by atoms with Gasteiger partial charge in [-0.1, -0.05) is 13.8 Å². The monoisotopic (exact) mass is 356 g/mol. The molecule has 1 N–H and O–H groups in total. The molecule has 1 aromatic rings. The molecule has 0 aromatic heterocycles. The van der Waals surface area contributed by atoms with Crippen LogP contribution in [0.3, 0.4) is 0 Å². The van der Waals surface area contributed by atoms with Crippen molar-refractivity contribution in [3.05, 3.63) is 28.0 Å². The van der Waals surface area contributed by atoms with Crippen molar-refractivity contribution in [2.75, 3.05) is 4.90 Å². The first kappa shape index (κ1) is 15.6. The van der Waals surface area contributed by atoms with E-state index in [-0.39, 0.29) is 16.1 Å². The molecule has 0 spiro atoms. The number of benzene rings is 1. The van der Waals surface area contributed by atoms with E-state index in [9.17, 15) is 18.8 Å². The molecule has 1 aliphatic rings. The molecule has 0 aliphatic carbocycles. The molecule has 1 unspecified atom stereocenters. The lowest BCUT2D eigenvalue weighted by Crippen LogP contribution is -2.59. The van der Waals surface area contributed by atoms with Crippen molar-refractivity contribution in [1.29, 1.82) is 0 Å². The highest BCUT2D eigenvalue weighted by Crippen LogP contribution is 2.30.